The zero-order valence-corrected chi connectivity index (χ0v) is 19.3. The molecule has 2 aromatic heterocycles. The molecule has 2 atom stereocenters. The Morgan fingerprint density at radius 3 is 2.45 bits per heavy atom. The van der Waals surface area contributed by atoms with E-state index in [2.05, 4.69) is 45.4 Å². The normalized spacial score (nSPS) is 22.2. The molecule has 0 N–H and O–H groups in total. The maximum atomic E-state index is 13.4. The first kappa shape index (κ1) is 21.8. The molecule has 0 unspecified atom stereocenters. The summed E-state index contributed by atoms with van der Waals surface area (Å²) >= 11 is 0. The van der Waals surface area contributed by atoms with Gasteiger partial charge in [-0.1, -0.05) is 54.4 Å². The summed E-state index contributed by atoms with van der Waals surface area (Å²) in [5, 5.41) is 3.98. The first-order chi connectivity index (χ1) is 16.2. The number of piperidine rings is 1. The molecule has 0 radical (unpaired) electrons. The van der Waals surface area contributed by atoms with E-state index in [4.69, 9.17) is 4.52 Å². The van der Waals surface area contributed by atoms with Gasteiger partial charge in [0.15, 0.2) is 5.69 Å². The number of aromatic nitrogens is 2. The summed E-state index contributed by atoms with van der Waals surface area (Å²) in [5.41, 5.74) is 1.81. The van der Waals surface area contributed by atoms with Crippen molar-refractivity contribution in [2.24, 2.45) is 0 Å². The van der Waals surface area contributed by atoms with Crippen LogP contribution in [0.3, 0.4) is 0 Å². The second-order valence-electron chi connectivity index (χ2n) is 9.32. The number of hydrogen-bond donors (Lipinski definition) is 0. The molecule has 2 aliphatic rings. The van der Waals surface area contributed by atoms with Gasteiger partial charge in [0.1, 0.15) is 11.6 Å². The van der Waals surface area contributed by atoms with Gasteiger partial charge in [0.05, 0.1) is 0 Å². The van der Waals surface area contributed by atoms with E-state index in [1.165, 1.54) is 31.2 Å². The molecule has 6 nitrogen and oxygen atoms in total. The molecule has 3 heterocycles. The Balaban J connectivity index is 1.33. The number of likely N-dealkylation sites (tertiary alicyclic amines) is 1. The quantitative estimate of drug-likeness (QED) is 0.540. The van der Waals surface area contributed by atoms with E-state index in [1.807, 2.05) is 23.1 Å². The van der Waals surface area contributed by atoms with Crippen LogP contribution < -0.4 is 4.90 Å². The number of benzene rings is 1. The smallest absolute Gasteiger partial charge is 0.281 e. The van der Waals surface area contributed by atoms with Crippen molar-refractivity contribution in [1.29, 1.82) is 0 Å². The molecule has 0 spiro atoms. The summed E-state index contributed by atoms with van der Waals surface area (Å²) in [4.78, 5) is 22.4. The van der Waals surface area contributed by atoms with Crippen LogP contribution in [-0.2, 0) is 0 Å². The first-order valence-electron chi connectivity index (χ1n) is 12.2. The molecule has 6 heteroatoms. The zero-order chi connectivity index (χ0) is 22.6. The van der Waals surface area contributed by atoms with Crippen LogP contribution in [0.25, 0.3) is 0 Å². The SMILES string of the molecule is Cc1cc(C(=O)N(c2ccccn2)C2CCN([C@@H]3CCCC[C@@H]3c3ccccc3)CC2)no1. The Labute approximate surface area is 195 Å². The monoisotopic (exact) mass is 444 g/mol. The predicted molar refractivity (Wildman–Crippen MR) is 128 cm³/mol. The van der Waals surface area contributed by atoms with E-state index in [1.54, 1.807) is 19.2 Å². The topological polar surface area (TPSA) is 62.5 Å². The lowest BCUT2D eigenvalue weighted by atomic mass is 9.78. The van der Waals surface area contributed by atoms with Crippen molar-refractivity contribution in [2.45, 2.75) is 63.5 Å². The highest BCUT2D eigenvalue weighted by molar-refractivity contribution is 6.04. The number of hydrogen-bond acceptors (Lipinski definition) is 5. The van der Waals surface area contributed by atoms with E-state index in [-0.39, 0.29) is 11.9 Å². The molecule has 5 rings (SSSR count). The third kappa shape index (κ3) is 4.71. The predicted octanol–water partition coefficient (Wildman–Crippen LogP) is 5.22. The van der Waals surface area contributed by atoms with Crippen LogP contribution >= 0.6 is 0 Å². The number of rotatable bonds is 5. The minimum atomic E-state index is -0.135. The fourth-order valence-corrected chi connectivity index (χ4v) is 5.66. The van der Waals surface area contributed by atoms with Gasteiger partial charge in [-0.3, -0.25) is 14.6 Å². The molecule has 172 valence electrons. The second kappa shape index (κ2) is 9.87. The number of nitrogens with zero attached hydrogens (tertiary/aromatic N) is 4. The van der Waals surface area contributed by atoms with Crippen molar-refractivity contribution in [3.05, 3.63) is 77.8 Å². The van der Waals surface area contributed by atoms with Gasteiger partial charge in [0, 0.05) is 37.4 Å². The van der Waals surface area contributed by atoms with E-state index in [0.717, 1.165) is 25.9 Å². The van der Waals surface area contributed by atoms with Gasteiger partial charge in [0.25, 0.3) is 5.91 Å². The van der Waals surface area contributed by atoms with Crippen LogP contribution in [0.1, 0.15) is 66.3 Å². The zero-order valence-electron chi connectivity index (χ0n) is 19.3. The van der Waals surface area contributed by atoms with Gasteiger partial charge < -0.3 is 4.52 Å². The minimum absolute atomic E-state index is 0.0967. The molecule has 1 aliphatic heterocycles. The van der Waals surface area contributed by atoms with Crippen LogP contribution in [0.5, 0.6) is 0 Å². The van der Waals surface area contributed by atoms with Crippen LogP contribution in [-0.4, -0.2) is 46.1 Å². The van der Waals surface area contributed by atoms with Crippen molar-refractivity contribution >= 4 is 11.7 Å². The van der Waals surface area contributed by atoms with Crippen molar-refractivity contribution in [3.63, 3.8) is 0 Å². The molecular formula is C27H32N4O2. The van der Waals surface area contributed by atoms with Gasteiger partial charge in [-0.05, 0) is 56.2 Å². The second-order valence-corrected chi connectivity index (χ2v) is 9.32. The summed E-state index contributed by atoms with van der Waals surface area (Å²) in [5.74, 6) is 1.78. The molecule has 1 aromatic carbocycles. The molecule has 0 bridgehead atoms. The number of anilines is 1. The third-order valence-electron chi connectivity index (χ3n) is 7.25. The van der Waals surface area contributed by atoms with Gasteiger partial charge in [-0.2, -0.15) is 0 Å². The van der Waals surface area contributed by atoms with E-state index >= 15 is 0 Å². The summed E-state index contributed by atoms with van der Waals surface area (Å²) < 4.78 is 5.18. The van der Waals surface area contributed by atoms with Crippen LogP contribution in [0.15, 0.2) is 65.3 Å². The van der Waals surface area contributed by atoms with Gasteiger partial charge in [0.2, 0.25) is 0 Å². The van der Waals surface area contributed by atoms with Crippen LogP contribution in [0, 0.1) is 6.92 Å². The van der Waals surface area contributed by atoms with Gasteiger partial charge in [-0.25, -0.2) is 4.98 Å². The number of carbonyl (C=O) groups excluding carboxylic acids is 1. The van der Waals surface area contributed by atoms with E-state index in [0.29, 0.717) is 29.2 Å². The fraction of sp³-hybridized carbons (Fsp3) is 0.444. The lowest BCUT2D eigenvalue weighted by Gasteiger charge is -2.45. The Morgan fingerprint density at radius 2 is 1.76 bits per heavy atom. The van der Waals surface area contributed by atoms with Gasteiger partial charge >= 0.3 is 0 Å². The number of pyridine rings is 1. The summed E-state index contributed by atoms with van der Waals surface area (Å²) in [6.07, 6.45) is 8.73. The first-order valence-corrected chi connectivity index (χ1v) is 12.2. The summed E-state index contributed by atoms with van der Waals surface area (Å²) in [6.45, 7) is 3.79. The molecule has 33 heavy (non-hydrogen) atoms. The Bertz CT molecular complexity index is 1040. The molecule has 1 aliphatic carbocycles. The molecule has 2 fully saturated rings. The van der Waals surface area contributed by atoms with Crippen molar-refractivity contribution < 1.29 is 9.32 Å². The van der Waals surface area contributed by atoms with E-state index in [9.17, 15) is 4.79 Å². The maximum absolute atomic E-state index is 13.4. The van der Waals surface area contributed by atoms with Crippen molar-refractivity contribution in [1.82, 2.24) is 15.0 Å². The Hall–Kier alpha value is -2.99. The summed E-state index contributed by atoms with van der Waals surface area (Å²) in [6, 6.07) is 19.1. The highest BCUT2D eigenvalue weighted by atomic mass is 16.5. The lowest BCUT2D eigenvalue weighted by molar-refractivity contribution is 0.0887. The van der Waals surface area contributed by atoms with E-state index < -0.39 is 0 Å². The van der Waals surface area contributed by atoms with Crippen LogP contribution in [0.4, 0.5) is 5.82 Å². The largest absolute Gasteiger partial charge is 0.361 e. The maximum Gasteiger partial charge on any atom is 0.281 e. The molecular weight excluding hydrogens is 412 g/mol. The minimum Gasteiger partial charge on any atom is -0.361 e. The standard InChI is InChI=1S/C27H32N4O2/c1-20-19-24(29-33-20)27(32)31(26-13-7-8-16-28-26)22-14-17-30(18-15-22)25-12-6-5-11-23(25)21-9-3-2-4-10-21/h2-4,7-10,13,16,19,22-23,25H,5-6,11-12,14-15,17-18H2,1H3/t23-,25-/m1/s1. The third-order valence-corrected chi connectivity index (χ3v) is 7.25. The Morgan fingerprint density at radius 1 is 1.00 bits per heavy atom. The average molecular weight is 445 g/mol. The van der Waals surface area contributed by atoms with Gasteiger partial charge in [-0.15, -0.1) is 0 Å². The molecule has 1 saturated heterocycles. The van der Waals surface area contributed by atoms with Crippen molar-refractivity contribution in [3.8, 4) is 0 Å². The number of amides is 1. The number of aryl methyl sites for hydroxylation is 1. The average Bonchev–Trinajstić information content (AvgIpc) is 3.32. The Kier molecular flexibility index (Phi) is 6.53. The molecule has 1 saturated carbocycles. The highest BCUT2D eigenvalue weighted by Crippen LogP contribution is 2.38. The molecule has 3 aromatic rings. The highest BCUT2D eigenvalue weighted by Gasteiger charge is 2.36. The van der Waals surface area contributed by atoms with Crippen molar-refractivity contribution in [2.75, 3.05) is 18.0 Å². The van der Waals surface area contributed by atoms with Crippen LogP contribution in [0.2, 0.25) is 0 Å². The number of carbonyl (C=O) groups is 1. The molecule has 1 amide bonds. The lowest BCUT2D eigenvalue weighted by Crippen LogP contribution is -2.52. The fourth-order valence-electron chi connectivity index (χ4n) is 5.66. The summed E-state index contributed by atoms with van der Waals surface area (Å²) in [7, 11) is 0.